The van der Waals surface area contributed by atoms with E-state index in [0.29, 0.717) is 48.1 Å². The number of likely N-dealkylation sites (tertiary alicyclic amines) is 1. The quantitative estimate of drug-likeness (QED) is 0.725. The highest BCUT2D eigenvalue weighted by Gasteiger charge is 2.30. The molecule has 0 unspecified atom stereocenters. The SMILES string of the molecule is N#Cc1cnc2ccc(OC(F)F)cc2c1N1CCC(C(=O)N2CCCCCC2)CC1. The van der Waals surface area contributed by atoms with Crippen LogP contribution in [0.1, 0.15) is 44.1 Å². The van der Waals surface area contributed by atoms with E-state index < -0.39 is 6.61 Å². The van der Waals surface area contributed by atoms with E-state index in [1.807, 2.05) is 4.90 Å². The van der Waals surface area contributed by atoms with Crippen molar-refractivity contribution in [3.8, 4) is 11.8 Å². The van der Waals surface area contributed by atoms with Gasteiger partial charge in [-0.05, 0) is 43.9 Å². The lowest BCUT2D eigenvalue weighted by Crippen LogP contribution is -2.43. The number of rotatable bonds is 4. The smallest absolute Gasteiger partial charge is 0.387 e. The molecule has 2 saturated heterocycles. The molecule has 0 aliphatic carbocycles. The summed E-state index contributed by atoms with van der Waals surface area (Å²) in [5.41, 5.74) is 1.67. The van der Waals surface area contributed by atoms with Crippen LogP contribution in [0.15, 0.2) is 24.4 Å². The van der Waals surface area contributed by atoms with Gasteiger partial charge in [0.05, 0.1) is 16.8 Å². The number of anilines is 1. The van der Waals surface area contributed by atoms with Gasteiger partial charge in [0.15, 0.2) is 0 Å². The van der Waals surface area contributed by atoms with Crippen LogP contribution in [0.4, 0.5) is 14.5 Å². The molecule has 2 aliphatic heterocycles. The Balaban J connectivity index is 1.55. The summed E-state index contributed by atoms with van der Waals surface area (Å²) in [6.07, 6.45) is 7.44. The summed E-state index contributed by atoms with van der Waals surface area (Å²) in [5.74, 6) is 0.270. The summed E-state index contributed by atoms with van der Waals surface area (Å²) < 4.78 is 29.9. The van der Waals surface area contributed by atoms with Gasteiger partial charge >= 0.3 is 6.61 Å². The van der Waals surface area contributed by atoms with Crippen molar-refractivity contribution in [1.29, 1.82) is 5.26 Å². The average Bonchev–Trinajstić information content (AvgIpc) is 3.07. The third kappa shape index (κ3) is 4.71. The number of aromatic nitrogens is 1. The maximum Gasteiger partial charge on any atom is 0.387 e. The Bertz CT molecular complexity index is 975. The van der Waals surface area contributed by atoms with Crippen LogP contribution in [0.5, 0.6) is 5.75 Å². The number of nitriles is 1. The molecule has 3 heterocycles. The first-order valence-corrected chi connectivity index (χ1v) is 10.9. The first-order valence-electron chi connectivity index (χ1n) is 10.9. The van der Waals surface area contributed by atoms with E-state index in [0.717, 1.165) is 25.9 Å². The minimum atomic E-state index is -2.92. The largest absolute Gasteiger partial charge is 0.435 e. The van der Waals surface area contributed by atoms with Crippen LogP contribution in [0.3, 0.4) is 0 Å². The van der Waals surface area contributed by atoms with E-state index >= 15 is 0 Å². The molecule has 8 heteroatoms. The van der Waals surface area contributed by atoms with Crippen LogP contribution < -0.4 is 9.64 Å². The predicted molar refractivity (Wildman–Crippen MR) is 113 cm³/mol. The third-order valence-electron chi connectivity index (χ3n) is 6.23. The fourth-order valence-electron chi connectivity index (χ4n) is 4.66. The van der Waals surface area contributed by atoms with Gasteiger partial charge in [-0.25, -0.2) is 0 Å². The maximum atomic E-state index is 13.0. The molecule has 0 radical (unpaired) electrons. The third-order valence-corrected chi connectivity index (χ3v) is 6.23. The van der Waals surface area contributed by atoms with Crippen LogP contribution in [-0.2, 0) is 4.79 Å². The maximum absolute atomic E-state index is 13.0. The number of fused-ring (bicyclic) bond motifs is 1. The van der Waals surface area contributed by atoms with Crippen LogP contribution in [0.2, 0.25) is 0 Å². The molecule has 1 aromatic carbocycles. The minimum Gasteiger partial charge on any atom is -0.435 e. The molecular formula is C23H26F2N4O2. The molecule has 0 saturated carbocycles. The fourth-order valence-corrected chi connectivity index (χ4v) is 4.66. The number of amides is 1. The lowest BCUT2D eigenvalue weighted by atomic mass is 9.94. The molecule has 4 rings (SSSR count). The second-order valence-corrected chi connectivity index (χ2v) is 8.19. The number of ether oxygens (including phenoxy) is 1. The van der Waals surface area contributed by atoms with Crippen molar-refractivity contribution in [3.05, 3.63) is 30.0 Å². The standard InChI is InChI=1S/C23H26F2N4O2/c24-23(25)31-18-5-6-20-19(13-18)21(17(14-26)15-27-20)28-11-7-16(8-12-28)22(30)29-9-3-1-2-4-10-29/h5-6,13,15-16,23H,1-4,7-12H2. The van der Waals surface area contributed by atoms with Gasteiger partial charge in [-0.1, -0.05) is 12.8 Å². The van der Waals surface area contributed by atoms with E-state index in [2.05, 4.69) is 20.7 Å². The average molecular weight is 428 g/mol. The highest BCUT2D eigenvalue weighted by Crippen LogP contribution is 2.35. The zero-order valence-electron chi connectivity index (χ0n) is 17.4. The van der Waals surface area contributed by atoms with Gasteiger partial charge < -0.3 is 14.5 Å². The van der Waals surface area contributed by atoms with Crippen LogP contribution in [0, 0.1) is 17.2 Å². The van der Waals surface area contributed by atoms with Gasteiger partial charge in [0.1, 0.15) is 11.8 Å². The molecule has 1 aromatic heterocycles. The Hall–Kier alpha value is -2.95. The zero-order valence-corrected chi connectivity index (χ0v) is 17.4. The summed E-state index contributed by atoms with van der Waals surface area (Å²) in [4.78, 5) is 21.4. The number of hydrogen-bond acceptors (Lipinski definition) is 5. The van der Waals surface area contributed by atoms with E-state index in [4.69, 9.17) is 0 Å². The molecule has 164 valence electrons. The summed E-state index contributed by atoms with van der Waals surface area (Å²) in [7, 11) is 0. The first-order chi connectivity index (χ1) is 15.1. The Labute approximate surface area is 180 Å². The molecule has 2 fully saturated rings. The van der Waals surface area contributed by atoms with Crippen LogP contribution in [-0.4, -0.2) is 48.6 Å². The highest BCUT2D eigenvalue weighted by atomic mass is 19.3. The molecule has 2 aliphatic rings. The van der Waals surface area contributed by atoms with Crippen molar-refractivity contribution in [3.63, 3.8) is 0 Å². The normalized spacial score (nSPS) is 18.1. The lowest BCUT2D eigenvalue weighted by molar-refractivity contribution is -0.136. The monoisotopic (exact) mass is 428 g/mol. The molecular weight excluding hydrogens is 402 g/mol. The number of pyridine rings is 1. The summed E-state index contributed by atoms with van der Waals surface area (Å²) >= 11 is 0. The Morgan fingerprint density at radius 1 is 1.13 bits per heavy atom. The Kier molecular flexibility index (Phi) is 6.50. The minimum absolute atomic E-state index is 0.00860. The van der Waals surface area contributed by atoms with Crippen molar-refractivity contribution in [1.82, 2.24) is 9.88 Å². The van der Waals surface area contributed by atoms with Crippen molar-refractivity contribution in [2.45, 2.75) is 45.1 Å². The first kappa shape index (κ1) is 21.3. The number of piperidine rings is 1. The number of halogens is 2. The Morgan fingerprint density at radius 3 is 2.48 bits per heavy atom. The van der Waals surface area contributed by atoms with E-state index in [-0.39, 0.29) is 17.6 Å². The second-order valence-electron chi connectivity index (χ2n) is 8.19. The van der Waals surface area contributed by atoms with Gasteiger partial charge in [-0.15, -0.1) is 0 Å². The number of carbonyl (C=O) groups excluding carboxylic acids is 1. The summed E-state index contributed by atoms with van der Waals surface area (Å²) in [6.45, 7) is 0.0170. The van der Waals surface area contributed by atoms with Crippen molar-refractivity contribution in [2.24, 2.45) is 5.92 Å². The van der Waals surface area contributed by atoms with Gasteiger partial charge in [0.2, 0.25) is 5.91 Å². The number of nitrogens with zero attached hydrogens (tertiary/aromatic N) is 4. The number of benzene rings is 1. The number of alkyl halides is 2. The van der Waals surface area contributed by atoms with Gasteiger partial charge in [0.25, 0.3) is 0 Å². The topological polar surface area (TPSA) is 69.5 Å². The predicted octanol–water partition coefficient (Wildman–Crippen LogP) is 4.33. The molecule has 0 atom stereocenters. The molecule has 0 N–H and O–H groups in total. The molecule has 0 spiro atoms. The molecule has 0 bridgehead atoms. The van der Waals surface area contributed by atoms with Gasteiger partial charge in [-0.2, -0.15) is 14.0 Å². The number of hydrogen-bond donors (Lipinski definition) is 0. The second kappa shape index (κ2) is 9.46. The van der Waals surface area contributed by atoms with Gasteiger partial charge in [-0.3, -0.25) is 9.78 Å². The van der Waals surface area contributed by atoms with Crippen molar-refractivity contribution >= 4 is 22.5 Å². The molecule has 1 amide bonds. The Morgan fingerprint density at radius 2 is 1.84 bits per heavy atom. The van der Waals surface area contributed by atoms with Crippen LogP contribution in [0.25, 0.3) is 10.9 Å². The van der Waals surface area contributed by atoms with Crippen molar-refractivity contribution in [2.75, 3.05) is 31.1 Å². The summed E-state index contributed by atoms with van der Waals surface area (Å²) in [6, 6.07) is 6.75. The molecule has 2 aromatic rings. The fraction of sp³-hybridized carbons (Fsp3) is 0.522. The van der Waals surface area contributed by atoms with E-state index in [9.17, 15) is 18.8 Å². The highest BCUT2D eigenvalue weighted by molar-refractivity contribution is 5.95. The van der Waals surface area contributed by atoms with E-state index in [1.54, 1.807) is 6.07 Å². The van der Waals surface area contributed by atoms with Crippen LogP contribution >= 0.6 is 0 Å². The molecule has 6 nitrogen and oxygen atoms in total. The molecule has 31 heavy (non-hydrogen) atoms. The summed E-state index contributed by atoms with van der Waals surface area (Å²) in [5, 5.41) is 10.2. The van der Waals surface area contributed by atoms with Gasteiger partial charge in [0, 0.05) is 43.7 Å². The lowest BCUT2D eigenvalue weighted by Gasteiger charge is -2.36. The van der Waals surface area contributed by atoms with Crippen molar-refractivity contribution < 1.29 is 18.3 Å². The zero-order chi connectivity index (χ0) is 21.8. The number of carbonyl (C=O) groups is 1. The van der Waals surface area contributed by atoms with E-state index in [1.165, 1.54) is 31.2 Å².